The van der Waals surface area contributed by atoms with Crippen molar-refractivity contribution in [3.05, 3.63) is 12.4 Å². The third kappa shape index (κ3) is 1.88. The molecule has 0 spiro atoms. The molecule has 0 bridgehead atoms. The summed E-state index contributed by atoms with van der Waals surface area (Å²) in [5, 5.41) is 0. The van der Waals surface area contributed by atoms with Crippen molar-refractivity contribution in [3.8, 4) is 0 Å². The molecule has 2 nitrogen and oxygen atoms in total. The lowest BCUT2D eigenvalue weighted by molar-refractivity contribution is 0.360. The maximum absolute atomic E-state index is 4.02. The van der Waals surface area contributed by atoms with Gasteiger partial charge in [-0.25, -0.2) is 0 Å². The zero-order valence-electron chi connectivity index (χ0n) is 7.64. The van der Waals surface area contributed by atoms with E-state index >= 15 is 0 Å². The third-order valence-electron chi connectivity index (χ3n) is 2.29. The van der Waals surface area contributed by atoms with Gasteiger partial charge in [0.05, 0.1) is 5.82 Å². The van der Waals surface area contributed by atoms with E-state index in [9.17, 15) is 0 Å². The summed E-state index contributed by atoms with van der Waals surface area (Å²) in [5.74, 6) is 1.19. The van der Waals surface area contributed by atoms with Gasteiger partial charge in [0.15, 0.2) is 0 Å². The molecule has 0 unspecified atom stereocenters. The van der Waals surface area contributed by atoms with E-state index < -0.39 is 0 Å². The van der Waals surface area contributed by atoms with Crippen LogP contribution in [0, 0.1) is 0 Å². The lowest BCUT2D eigenvalue weighted by Crippen LogP contribution is -2.20. The van der Waals surface area contributed by atoms with Gasteiger partial charge in [0.1, 0.15) is 0 Å². The van der Waals surface area contributed by atoms with Gasteiger partial charge in [-0.2, -0.15) is 0 Å². The highest BCUT2D eigenvalue weighted by Gasteiger charge is 2.17. The molecule has 1 rings (SSSR count). The predicted molar refractivity (Wildman–Crippen MR) is 48.3 cm³/mol. The molecule has 0 aromatic carbocycles. The molecule has 1 heterocycles. The molecular formula is C9H18N2. The van der Waals surface area contributed by atoms with Crippen molar-refractivity contribution >= 4 is 0 Å². The Morgan fingerprint density at radius 2 is 2.18 bits per heavy atom. The van der Waals surface area contributed by atoms with E-state index in [4.69, 9.17) is 0 Å². The molecule has 1 fully saturated rings. The minimum atomic E-state index is 1.14. The molecule has 1 saturated heterocycles. The molecule has 0 amide bonds. The van der Waals surface area contributed by atoms with Crippen LogP contribution in [0.2, 0.25) is 0 Å². The van der Waals surface area contributed by atoms with E-state index in [1.165, 1.54) is 25.2 Å². The van der Waals surface area contributed by atoms with Crippen LogP contribution in [0.3, 0.4) is 0 Å². The average molecular weight is 154 g/mol. The van der Waals surface area contributed by atoms with Crippen LogP contribution in [-0.4, -0.2) is 36.5 Å². The molecule has 2 heteroatoms. The number of nitrogens with zero attached hydrogens (tertiary/aromatic N) is 2. The second-order valence-corrected chi connectivity index (χ2v) is 3.18. The molecule has 0 aliphatic carbocycles. The highest BCUT2D eigenvalue weighted by Crippen LogP contribution is 2.14. The Balaban J connectivity index is 2.30. The van der Waals surface area contributed by atoms with Gasteiger partial charge in [0.25, 0.3) is 0 Å². The van der Waals surface area contributed by atoms with Crippen LogP contribution in [-0.2, 0) is 0 Å². The number of rotatable bonds is 3. The van der Waals surface area contributed by atoms with Crippen LogP contribution in [0.4, 0.5) is 0 Å². The van der Waals surface area contributed by atoms with Crippen molar-refractivity contribution in [1.29, 1.82) is 0 Å². The Labute approximate surface area is 69.5 Å². The molecule has 0 aromatic rings. The van der Waals surface area contributed by atoms with E-state index in [1.807, 2.05) is 0 Å². The first-order valence-corrected chi connectivity index (χ1v) is 4.40. The van der Waals surface area contributed by atoms with Crippen molar-refractivity contribution in [3.63, 3.8) is 0 Å². The molecule has 0 atom stereocenters. The maximum atomic E-state index is 4.02. The van der Waals surface area contributed by atoms with Crippen LogP contribution in [0.5, 0.6) is 0 Å². The SMILES string of the molecule is C=C1N(C)CCN1CCCC. The summed E-state index contributed by atoms with van der Waals surface area (Å²) in [6, 6.07) is 0. The molecule has 0 aromatic heterocycles. The van der Waals surface area contributed by atoms with Gasteiger partial charge < -0.3 is 9.80 Å². The summed E-state index contributed by atoms with van der Waals surface area (Å²) >= 11 is 0. The van der Waals surface area contributed by atoms with Crippen LogP contribution in [0.25, 0.3) is 0 Å². The van der Waals surface area contributed by atoms with Crippen molar-refractivity contribution in [2.75, 3.05) is 26.7 Å². The van der Waals surface area contributed by atoms with E-state index in [0.29, 0.717) is 0 Å². The standard InChI is InChI=1S/C9H18N2/c1-4-5-6-11-8-7-10(3)9(11)2/h2,4-8H2,1,3H3. The minimum absolute atomic E-state index is 1.14. The molecule has 64 valence electrons. The zero-order chi connectivity index (χ0) is 8.27. The van der Waals surface area contributed by atoms with Gasteiger partial charge >= 0.3 is 0 Å². The smallest absolute Gasteiger partial charge is 0.0963 e. The van der Waals surface area contributed by atoms with Gasteiger partial charge in [-0.1, -0.05) is 19.9 Å². The Bertz CT molecular complexity index is 142. The Morgan fingerprint density at radius 1 is 1.45 bits per heavy atom. The Hall–Kier alpha value is -0.660. The van der Waals surface area contributed by atoms with Gasteiger partial charge in [0.2, 0.25) is 0 Å². The normalized spacial score (nSPS) is 18.2. The summed E-state index contributed by atoms with van der Waals surface area (Å²) in [6.07, 6.45) is 2.56. The fourth-order valence-electron chi connectivity index (χ4n) is 1.36. The van der Waals surface area contributed by atoms with E-state index in [-0.39, 0.29) is 0 Å². The van der Waals surface area contributed by atoms with Crippen molar-refractivity contribution < 1.29 is 0 Å². The quantitative estimate of drug-likeness (QED) is 0.608. The van der Waals surface area contributed by atoms with Crippen molar-refractivity contribution in [1.82, 2.24) is 9.80 Å². The second kappa shape index (κ2) is 3.65. The van der Waals surface area contributed by atoms with Crippen LogP contribution < -0.4 is 0 Å². The molecule has 0 saturated carbocycles. The number of likely N-dealkylation sites (N-methyl/N-ethyl adjacent to an activating group) is 1. The Morgan fingerprint density at radius 3 is 2.64 bits per heavy atom. The van der Waals surface area contributed by atoms with Crippen LogP contribution >= 0.6 is 0 Å². The average Bonchev–Trinajstić information content (AvgIpc) is 2.31. The fourth-order valence-corrected chi connectivity index (χ4v) is 1.36. The summed E-state index contributed by atoms with van der Waals surface area (Å²) in [7, 11) is 2.11. The lowest BCUT2D eigenvalue weighted by Gasteiger charge is -2.20. The summed E-state index contributed by atoms with van der Waals surface area (Å²) in [4.78, 5) is 4.58. The first-order valence-electron chi connectivity index (χ1n) is 4.40. The number of hydrogen-bond donors (Lipinski definition) is 0. The summed E-state index contributed by atoms with van der Waals surface area (Å²) in [6.45, 7) is 9.73. The molecule has 11 heavy (non-hydrogen) atoms. The van der Waals surface area contributed by atoms with Gasteiger partial charge in [-0.05, 0) is 6.42 Å². The molecule has 1 aliphatic heterocycles. The van der Waals surface area contributed by atoms with E-state index in [0.717, 1.165) is 13.1 Å². The van der Waals surface area contributed by atoms with Gasteiger partial charge in [-0.3, -0.25) is 0 Å². The minimum Gasteiger partial charge on any atom is -0.360 e. The fraction of sp³-hybridized carbons (Fsp3) is 0.778. The molecule has 0 N–H and O–H groups in total. The Kier molecular flexibility index (Phi) is 2.80. The molecule has 1 aliphatic rings. The number of unbranched alkanes of at least 4 members (excludes halogenated alkanes) is 1. The van der Waals surface area contributed by atoms with E-state index in [1.54, 1.807) is 0 Å². The van der Waals surface area contributed by atoms with Crippen molar-refractivity contribution in [2.45, 2.75) is 19.8 Å². The van der Waals surface area contributed by atoms with E-state index in [2.05, 4.69) is 30.4 Å². The maximum Gasteiger partial charge on any atom is 0.0963 e. The molecule has 0 radical (unpaired) electrons. The van der Waals surface area contributed by atoms with Crippen molar-refractivity contribution in [2.24, 2.45) is 0 Å². The predicted octanol–water partition coefficient (Wildman–Crippen LogP) is 1.51. The first kappa shape index (κ1) is 8.44. The summed E-state index contributed by atoms with van der Waals surface area (Å²) < 4.78 is 0. The molecular weight excluding hydrogens is 136 g/mol. The first-order chi connectivity index (χ1) is 5.25. The monoisotopic (exact) mass is 154 g/mol. The largest absolute Gasteiger partial charge is 0.360 e. The van der Waals surface area contributed by atoms with Crippen LogP contribution in [0.1, 0.15) is 19.8 Å². The highest BCUT2D eigenvalue weighted by molar-refractivity contribution is 4.98. The highest BCUT2D eigenvalue weighted by atomic mass is 15.4. The van der Waals surface area contributed by atoms with Crippen LogP contribution in [0.15, 0.2) is 12.4 Å². The lowest BCUT2D eigenvalue weighted by atomic mass is 10.3. The summed E-state index contributed by atoms with van der Waals surface area (Å²) in [5.41, 5.74) is 0. The number of hydrogen-bond acceptors (Lipinski definition) is 2. The second-order valence-electron chi connectivity index (χ2n) is 3.18. The van der Waals surface area contributed by atoms with Gasteiger partial charge in [-0.15, -0.1) is 0 Å². The third-order valence-corrected chi connectivity index (χ3v) is 2.29. The zero-order valence-corrected chi connectivity index (χ0v) is 7.64. The van der Waals surface area contributed by atoms with Gasteiger partial charge in [0, 0.05) is 26.7 Å². The topological polar surface area (TPSA) is 6.48 Å².